The van der Waals surface area contributed by atoms with Crippen molar-refractivity contribution in [1.29, 1.82) is 0 Å². The predicted molar refractivity (Wildman–Crippen MR) is 41.7 cm³/mol. The molecule has 5 heteroatoms. The lowest BCUT2D eigenvalue weighted by atomic mass is 10.5. The fourth-order valence-electron chi connectivity index (χ4n) is 1.18. The minimum Gasteiger partial charge on any atom is -0.330 e. The average Bonchev–Trinajstić information content (AvgIpc) is 2.21. The van der Waals surface area contributed by atoms with Crippen LogP contribution in [0.5, 0.6) is 0 Å². The maximum Gasteiger partial charge on any atom is 0.275 e. The van der Waals surface area contributed by atoms with Gasteiger partial charge in [0.05, 0.1) is 26.4 Å². The Labute approximate surface area is 76.8 Å². The lowest BCUT2D eigenvalue weighted by molar-refractivity contribution is -0.416. The molecule has 5 nitrogen and oxygen atoms in total. The molecule has 2 aliphatic heterocycles. The van der Waals surface area contributed by atoms with Gasteiger partial charge in [-0.2, -0.15) is 0 Å². The van der Waals surface area contributed by atoms with Crippen LogP contribution in [-0.4, -0.2) is 39.4 Å². The van der Waals surface area contributed by atoms with Crippen molar-refractivity contribution in [3.63, 3.8) is 0 Å². The van der Waals surface area contributed by atoms with Crippen molar-refractivity contribution in [2.45, 2.75) is 25.8 Å². The summed E-state index contributed by atoms with van der Waals surface area (Å²) in [5.41, 5.74) is 0. The highest BCUT2D eigenvalue weighted by Gasteiger charge is 2.23. The Morgan fingerprint density at radius 1 is 0.692 bits per heavy atom. The minimum atomic E-state index is -0.628. The molecule has 0 unspecified atom stereocenters. The van der Waals surface area contributed by atoms with E-state index in [1.165, 1.54) is 0 Å². The standard InChI is InChI=1S/C8H14O5/c1-3-9-7(10-4-1)13-8-11-5-2-6-12-8/h7-8H,1-6H2. The van der Waals surface area contributed by atoms with Gasteiger partial charge in [0.2, 0.25) is 0 Å². The molecule has 0 aliphatic carbocycles. The molecular formula is C8H14O5. The summed E-state index contributed by atoms with van der Waals surface area (Å²) in [7, 11) is 0. The van der Waals surface area contributed by atoms with Gasteiger partial charge in [-0.1, -0.05) is 0 Å². The summed E-state index contributed by atoms with van der Waals surface area (Å²) < 4.78 is 25.9. The third-order valence-electron chi connectivity index (χ3n) is 1.82. The summed E-state index contributed by atoms with van der Waals surface area (Å²) in [4.78, 5) is 0. The number of ether oxygens (including phenoxy) is 5. The summed E-state index contributed by atoms with van der Waals surface area (Å²) >= 11 is 0. The second-order valence-corrected chi connectivity index (χ2v) is 2.90. The molecule has 2 saturated heterocycles. The van der Waals surface area contributed by atoms with Gasteiger partial charge < -0.3 is 18.9 Å². The zero-order valence-electron chi connectivity index (χ0n) is 7.44. The maximum atomic E-state index is 5.24. The monoisotopic (exact) mass is 190 g/mol. The number of hydrogen-bond acceptors (Lipinski definition) is 5. The van der Waals surface area contributed by atoms with Crippen LogP contribution in [0.3, 0.4) is 0 Å². The van der Waals surface area contributed by atoms with Crippen molar-refractivity contribution >= 4 is 0 Å². The predicted octanol–water partition coefficient (Wildman–Crippen LogP) is 0.444. The van der Waals surface area contributed by atoms with Gasteiger partial charge in [-0.05, 0) is 12.8 Å². The van der Waals surface area contributed by atoms with Crippen LogP contribution in [0.4, 0.5) is 0 Å². The third kappa shape index (κ3) is 2.89. The van der Waals surface area contributed by atoms with Crippen LogP contribution in [0.15, 0.2) is 0 Å². The Morgan fingerprint density at radius 2 is 1.08 bits per heavy atom. The van der Waals surface area contributed by atoms with Crippen LogP contribution in [-0.2, 0) is 23.7 Å². The van der Waals surface area contributed by atoms with Gasteiger partial charge in [0.1, 0.15) is 0 Å². The minimum absolute atomic E-state index is 0.628. The van der Waals surface area contributed by atoms with Crippen molar-refractivity contribution in [3.05, 3.63) is 0 Å². The van der Waals surface area contributed by atoms with Crippen LogP contribution >= 0.6 is 0 Å². The van der Waals surface area contributed by atoms with Gasteiger partial charge in [-0.3, -0.25) is 4.74 Å². The van der Waals surface area contributed by atoms with Gasteiger partial charge in [0, 0.05) is 0 Å². The fraction of sp³-hybridized carbons (Fsp3) is 1.00. The topological polar surface area (TPSA) is 46.2 Å². The van der Waals surface area contributed by atoms with Crippen LogP contribution < -0.4 is 0 Å². The Balaban J connectivity index is 1.69. The van der Waals surface area contributed by atoms with E-state index in [-0.39, 0.29) is 0 Å². The molecule has 0 saturated carbocycles. The first kappa shape index (κ1) is 9.36. The number of rotatable bonds is 2. The summed E-state index contributed by atoms with van der Waals surface area (Å²) in [6, 6.07) is 0. The highest BCUT2D eigenvalue weighted by atomic mass is 16.9. The summed E-state index contributed by atoms with van der Waals surface area (Å²) in [5, 5.41) is 0. The van der Waals surface area contributed by atoms with Crippen molar-refractivity contribution in [3.8, 4) is 0 Å². The first-order valence-corrected chi connectivity index (χ1v) is 4.57. The van der Waals surface area contributed by atoms with E-state index in [1.54, 1.807) is 0 Å². The first-order chi connectivity index (χ1) is 6.45. The summed E-state index contributed by atoms with van der Waals surface area (Å²) in [6.45, 7) is 1.40. The Kier molecular flexibility index (Phi) is 3.51. The van der Waals surface area contributed by atoms with Crippen molar-refractivity contribution in [2.75, 3.05) is 26.4 Å². The van der Waals surface area contributed by atoms with Gasteiger partial charge >= 0.3 is 0 Å². The molecule has 0 N–H and O–H groups in total. The normalized spacial score (nSPS) is 27.7. The third-order valence-corrected chi connectivity index (χ3v) is 1.82. The Bertz CT molecular complexity index is 123. The van der Waals surface area contributed by atoms with Gasteiger partial charge in [-0.15, -0.1) is 0 Å². The highest BCUT2D eigenvalue weighted by molar-refractivity contribution is 4.44. The van der Waals surface area contributed by atoms with Crippen LogP contribution in [0.25, 0.3) is 0 Å². The van der Waals surface area contributed by atoms with E-state index in [0.717, 1.165) is 12.8 Å². The molecule has 76 valence electrons. The maximum absolute atomic E-state index is 5.24. The van der Waals surface area contributed by atoms with E-state index in [9.17, 15) is 0 Å². The zero-order chi connectivity index (χ0) is 8.93. The molecular weight excluding hydrogens is 176 g/mol. The quantitative estimate of drug-likeness (QED) is 0.632. The highest BCUT2D eigenvalue weighted by Crippen LogP contribution is 2.13. The molecule has 0 aromatic carbocycles. The van der Waals surface area contributed by atoms with E-state index in [1.807, 2.05) is 0 Å². The molecule has 13 heavy (non-hydrogen) atoms. The van der Waals surface area contributed by atoms with Crippen molar-refractivity contribution < 1.29 is 23.7 Å². The second kappa shape index (κ2) is 4.88. The average molecular weight is 190 g/mol. The van der Waals surface area contributed by atoms with E-state index in [2.05, 4.69) is 0 Å². The Morgan fingerprint density at radius 3 is 1.46 bits per heavy atom. The molecule has 2 rings (SSSR count). The van der Waals surface area contributed by atoms with E-state index in [0.29, 0.717) is 26.4 Å². The first-order valence-electron chi connectivity index (χ1n) is 4.57. The molecule has 2 aliphatic rings. The molecule has 0 atom stereocenters. The molecule has 0 bridgehead atoms. The summed E-state index contributed by atoms with van der Waals surface area (Å²) in [5.74, 6) is 0. The molecule has 0 amide bonds. The molecule has 2 heterocycles. The van der Waals surface area contributed by atoms with Gasteiger partial charge in [-0.25, -0.2) is 0 Å². The molecule has 0 aromatic rings. The van der Waals surface area contributed by atoms with Crippen molar-refractivity contribution in [2.24, 2.45) is 0 Å². The Hall–Kier alpha value is -0.200. The van der Waals surface area contributed by atoms with E-state index < -0.39 is 13.0 Å². The fourth-order valence-corrected chi connectivity index (χ4v) is 1.18. The smallest absolute Gasteiger partial charge is 0.275 e. The molecule has 0 spiro atoms. The second-order valence-electron chi connectivity index (χ2n) is 2.90. The molecule has 2 fully saturated rings. The van der Waals surface area contributed by atoms with Gasteiger partial charge in [0.25, 0.3) is 13.0 Å². The van der Waals surface area contributed by atoms with Crippen LogP contribution in [0, 0.1) is 0 Å². The molecule has 0 radical (unpaired) electrons. The number of hydrogen-bond donors (Lipinski definition) is 0. The lowest BCUT2D eigenvalue weighted by Gasteiger charge is -2.29. The summed E-state index contributed by atoms with van der Waals surface area (Å²) in [6.07, 6.45) is 1.82. The molecule has 0 aromatic heterocycles. The van der Waals surface area contributed by atoms with Crippen LogP contribution in [0.2, 0.25) is 0 Å². The largest absolute Gasteiger partial charge is 0.330 e. The van der Waals surface area contributed by atoms with Crippen molar-refractivity contribution in [1.82, 2.24) is 0 Å². The SMILES string of the molecule is C1COC(OC2OCCCO2)OC1. The lowest BCUT2D eigenvalue weighted by Crippen LogP contribution is -2.36. The van der Waals surface area contributed by atoms with Crippen LogP contribution in [0.1, 0.15) is 12.8 Å². The van der Waals surface area contributed by atoms with E-state index >= 15 is 0 Å². The zero-order valence-corrected chi connectivity index (χ0v) is 7.44. The van der Waals surface area contributed by atoms with Gasteiger partial charge in [0.15, 0.2) is 0 Å². The van der Waals surface area contributed by atoms with E-state index in [4.69, 9.17) is 23.7 Å².